The van der Waals surface area contributed by atoms with Crippen molar-refractivity contribution in [3.05, 3.63) is 11.6 Å². The summed E-state index contributed by atoms with van der Waals surface area (Å²) in [5.41, 5.74) is 0.659. The van der Waals surface area contributed by atoms with Crippen molar-refractivity contribution in [3.8, 4) is 0 Å². The highest BCUT2D eigenvalue weighted by atomic mass is 16.6. The first-order valence-electron chi connectivity index (χ1n) is 6.04. The normalized spacial score (nSPS) is 11.5. The molecule has 0 aromatic heterocycles. The minimum absolute atomic E-state index is 0.327. The van der Waals surface area contributed by atoms with Crippen molar-refractivity contribution < 1.29 is 19.1 Å². The molecule has 0 radical (unpaired) electrons. The summed E-state index contributed by atoms with van der Waals surface area (Å²) in [6.07, 6.45) is 3.19. The topological polar surface area (TPSA) is 52.6 Å². The highest BCUT2D eigenvalue weighted by Crippen LogP contribution is 2.15. The summed E-state index contributed by atoms with van der Waals surface area (Å²) in [5, 5.41) is 0. The third-order valence-corrected chi connectivity index (χ3v) is 2.28. The van der Waals surface area contributed by atoms with Crippen LogP contribution in [0.2, 0.25) is 0 Å². The first-order valence-corrected chi connectivity index (χ1v) is 6.04. The molecule has 0 aliphatic carbocycles. The lowest BCUT2D eigenvalue weighted by atomic mass is 10.0. The van der Waals surface area contributed by atoms with Gasteiger partial charge in [0, 0.05) is 0 Å². The number of rotatable bonds is 7. The third-order valence-electron chi connectivity index (χ3n) is 2.28. The molecule has 17 heavy (non-hydrogen) atoms. The van der Waals surface area contributed by atoms with Crippen LogP contribution in [0, 0.1) is 5.92 Å². The molecule has 0 spiro atoms. The minimum Gasteiger partial charge on any atom is -0.465 e. The summed E-state index contributed by atoms with van der Waals surface area (Å²) in [6, 6.07) is 0. The summed E-state index contributed by atoms with van der Waals surface area (Å²) >= 11 is 0. The van der Waals surface area contributed by atoms with E-state index in [1.165, 1.54) is 0 Å². The molecule has 0 N–H and O–H groups in total. The van der Waals surface area contributed by atoms with Gasteiger partial charge in [0.05, 0.1) is 13.2 Å². The summed E-state index contributed by atoms with van der Waals surface area (Å²) in [5.74, 6) is -1.97. The SMILES string of the molecule is CC=C(C)C(C(=O)OCCC)C(=O)OCCC. The molecule has 98 valence electrons. The van der Waals surface area contributed by atoms with Crippen LogP contribution in [-0.4, -0.2) is 25.2 Å². The second kappa shape index (κ2) is 8.79. The molecule has 0 aromatic carbocycles. The van der Waals surface area contributed by atoms with Gasteiger partial charge in [-0.3, -0.25) is 9.59 Å². The summed E-state index contributed by atoms with van der Waals surface area (Å²) in [6.45, 7) is 7.97. The number of carbonyl (C=O) groups excluding carboxylic acids is 2. The lowest BCUT2D eigenvalue weighted by Gasteiger charge is -2.15. The molecular weight excluding hydrogens is 220 g/mol. The number of allylic oxidation sites excluding steroid dienone is 1. The van der Waals surface area contributed by atoms with Gasteiger partial charge in [-0.05, 0) is 26.7 Å². The molecule has 4 nitrogen and oxygen atoms in total. The van der Waals surface area contributed by atoms with Gasteiger partial charge in [0.15, 0.2) is 5.92 Å². The van der Waals surface area contributed by atoms with Gasteiger partial charge in [0.25, 0.3) is 0 Å². The number of carbonyl (C=O) groups is 2. The zero-order valence-electron chi connectivity index (χ0n) is 11.1. The molecule has 0 unspecified atom stereocenters. The van der Waals surface area contributed by atoms with E-state index in [9.17, 15) is 9.59 Å². The first kappa shape index (κ1) is 15.7. The molecule has 0 heterocycles. The predicted octanol–water partition coefficient (Wildman–Crippen LogP) is 2.48. The average molecular weight is 242 g/mol. The first-order chi connectivity index (χ1) is 8.08. The monoisotopic (exact) mass is 242 g/mol. The molecule has 0 aliphatic heterocycles. The van der Waals surface area contributed by atoms with E-state index in [1.807, 2.05) is 13.8 Å². The zero-order chi connectivity index (χ0) is 13.3. The number of esters is 2. The van der Waals surface area contributed by atoms with Crippen molar-refractivity contribution in [2.24, 2.45) is 5.92 Å². The molecular formula is C13H22O4. The average Bonchev–Trinajstić information content (AvgIpc) is 2.33. The molecule has 0 rings (SSSR count). The van der Waals surface area contributed by atoms with E-state index in [0.29, 0.717) is 18.8 Å². The third kappa shape index (κ3) is 5.52. The number of hydrogen-bond acceptors (Lipinski definition) is 4. The van der Waals surface area contributed by atoms with Crippen LogP contribution < -0.4 is 0 Å². The molecule has 0 amide bonds. The van der Waals surface area contributed by atoms with Crippen LogP contribution in [0.15, 0.2) is 11.6 Å². The van der Waals surface area contributed by atoms with Crippen molar-refractivity contribution >= 4 is 11.9 Å². The number of hydrogen-bond donors (Lipinski definition) is 0. The Labute approximate surface area is 103 Å². The molecule has 0 bridgehead atoms. The van der Waals surface area contributed by atoms with Crippen molar-refractivity contribution in [1.29, 1.82) is 0 Å². The summed E-state index contributed by atoms with van der Waals surface area (Å²) < 4.78 is 9.99. The Hall–Kier alpha value is -1.32. The summed E-state index contributed by atoms with van der Waals surface area (Å²) in [4.78, 5) is 23.5. The zero-order valence-corrected chi connectivity index (χ0v) is 11.1. The van der Waals surface area contributed by atoms with Crippen LogP contribution in [0.25, 0.3) is 0 Å². The Kier molecular flexibility index (Phi) is 8.11. The molecule has 0 saturated carbocycles. The highest BCUT2D eigenvalue weighted by molar-refractivity contribution is 5.98. The minimum atomic E-state index is -0.918. The fourth-order valence-electron chi connectivity index (χ4n) is 1.21. The molecule has 0 aliphatic rings. The van der Waals surface area contributed by atoms with E-state index in [1.54, 1.807) is 19.9 Å². The van der Waals surface area contributed by atoms with Crippen molar-refractivity contribution in [3.63, 3.8) is 0 Å². The lowest BCUT2D eigenvalue weighted by molar-refractivity contribution is -0.160. The maximum Gasteiger partial charge on any atom is 0.324 e. The highest BCUT2D eigenvalue weighted by Gasteiger charge is 2.30. The number of ether oxygens (including phenoxy) is 2. The van der Waals surface area contributed by atoms with E-state index in [2.05, 4.69) is 0 Å². The maximum absolute atomic E-state index is 11.7. The maximum atomic E-state index is 11.7. The predicted molar refractivity (Wildman–Crippen MR) is 65.4 cm³/mol. The standard InChI is InChI=1S/C13H22O4/c1-5-8-16-12(14)11(10(4)7-3)13(15)17-9-6-2/h7,11H,5-6,8-9H2,1-4H3. The molecule has 0 atom stereocenters. The lowest BCUT2D eigenvalue weighted by Crippen LogP contribution is -2.29. The van der Waals surface area contributed by atoms with E-state index >= 15 is 0 Å². The van der Waals surface area contributed by atoms with Gasteiger partial charge < -0.3 is 9.47 Å². The van der Waals surface area contributed by atoms with Gasteiger partial charge in [0.2, 0.25) is 0 Å². The van der Waals surface area contributed by atoms with Gasteiger partial charge in [-0.25, -0.2) is 0 Å². The van der Waals surface area contributed by atoms with Gasteiger partial charge in [0.1, 0.15) is 0 Å². The van der Waals surface area contributed by atoms with Crippen LogP contribution in [0.1, 0.15) is 40.5 Å². The Morgan fingerprint density at radius 3 is 1.76 bits per heavy atom. The Bertz CT molecular complexity index is 261. The van der Waals surface area contributed by atoms with E-state index in [0.717, 1.165) is 12.8 Å². The van der Waals surface area contributed by atoms with Gasteiger partial charge in [-0.2, -0.15) is 0 Å². The van der Waals surface area contributed by atoms with Crippen molar-refractivity contribution in [2.75, 3.05) is 13.2 Å². The van der Waals surface area contributed by atoms with E-state index in [4.69, 9.17) is 9.47 Å². The fourth-order valence-corrected chi connectivity index (χ4v) is 1.21. The molecule has 0 fully saturated rings. The van der Waals surface area contributed by atoms with Gasteiger partial charge >= 0.3 is 11.9 Å². The van der Waals surface area contributed by atoms with Crippen LogP contribution in [-0.2, 0) is 19.1 Å². The molecule has 0 aromatic rings. The quantitative estimate of drug-likeness (QED) is 0.391. The van der Waals surface area contributed by atoms with Crippen LogP contribution in [0.5, 0.6) is 0 Å². The van der Waals surface area contributed by atoms with Gasteiger partial charge in [-0.15, -0.1) is 0 Å². The Morgan fingerprint density at radius 1 is 1.06 bits per heavy atom. The van der Waals surface area contributed by atoms with E-state index < -0.39 is 17.9 Å². The molecule has 0 saturated heterocycles. The molecule has 4 heteroatoms. The smallest absolute Gasteiger partial charge is 0.324 e. The van der Waals surface area contributed by atoms with Crippen molar-refractivity contribution in [1.82, 2.24) is 0 Å². The van der Waals surface area contributed by atoms with E-state index in [-0.39, 0.29) is 0 Å². The largest absolute Gasteiger partial charge is 0.465 e. The Morgan fingerprint density at radius 2 is 1.47 bits per heavy atom. The second-order valence-electron chi connectivity index (χ2n) is 3.80. The fraction of sp³-hybridized carbons (Fsp3) is 0.692. The van der Waals surface area contributed by atoms with Crippen LogP contribution in [0.3, 0.4) is 0 Å². The Balaban J connectivity index is 4.64. The van der Waals surface area contributed by atoms with Crippen LogP contribution in [0.4, 0.5) is 0 Å². The van der Waals surface area contributed by atoms with Gasteiger partial charge in [-0.1, -0.05) is 25.5 Å². The van der Waals surface area contributed by atoms with Crippen molar-refractivity contribution in [2.45, 2.75) is 40.5 Å². The summed E-state index contributed by atoms with van der Waals surface area (Å²) in [7, 11) is 0. The van der Waals surface area contributed by atoms with Crippen LogP contribution >= 0.6 is 0 Å². The second-order valence-corrected chi connectivity index (χ2v) is 3.80.